The predicted molar refractivity (Wildman–Crippen MR) is 171 cm³/mol. The average molecular weight is 543 g/mol. The number of fused-ring (bicyclic) bond motifs is 2. The fourth-order valence-corrected chi connectivity index (χ4v) is 4.85. The first-order valence-corrected chi connectivity index (χ1v) is 14.5. The van der Waals surface area contributed by atoms with Gasteiger partial charge in [-0.05, 0) is 97.2 Å². The molecule has 0 unspecified atom stereocenters. The number of hydrogen-bond donors (Lipinski definition) is 0. The molecular formula is C36H46O4. The molecule has 0 bridgehead atoms. The highest BCUT2D eigenvalue weighted by Gasteiger charge is 2.12. The summed E-state index contributed by atoms with van der Waals surface area (Å²) >= 11 is 0. The predicted octanol–water partition coefficient (Wildman–Crippen LogP) is 10.3. The minimum atomic E-state index is 0.213. The zero-order valence-electron chi connectivity index (χ0n) is 24.5. The lowest BCUT2D eigenvalue weighted by Gasteiger charge is -2.15. The molecule has 0 saturated carbocycles. The van der Waals surface area contributed by atoms with E-state index in [1.807, 2.05) is 24.3 Å². The SMILES string of the molecule is C=CCCCCC/C=C\c1c(OCOC)ccc2cc3c(/C=C\CCCCCC=C)c(OCOC)ccc3cc12. The maximum absolute atomic E-state index is 5.97. The lowest BCUT2D eigenvalue weighted by Crippen LogP contribution is -2.01. The van der Waals surface area contributed by atoms with Gasteiger partial charge >= 0.3 is 0 Å². The van der Waals surface area contributed by atoms with E-state index in [1.165, 1.54) is 38.5 Å². The molecule has 0 radical (unpaired) electrons. The van der Waals surface area contributed by atoms with E-state index >= 15 is 0 Å². The van der Waals surface area contributed by atoms with Crippen molar-refractivity contribution < 1.29 is 18.9 Å². The topological polar surface area (TPSA) is 36.9 Å². The first kappa shape index (κ1) is 31.2. The second kappa shape index (κ2) is 18.1. The van der Waals surface area contributed by atoms with Gasteiger partial charge in [0, 0.05) is 25.3 Å². The third-order valence-corrected chi connectivity index (χ3v) is 6.95. The van der Waals surface area contributed by atoms with Crippen LogP contribution in [0.2, 0.25) is 0 Å². The lowest BCUT2D eigenvalue weighted by molar-refractivity contribution is 0.0509. The van der Waals surface area contributed by atoms with Gasteiger partial charge in [-0.2, -0.15) is 0 Å². The Morgan fingerprint density at radius 1 is 0.575 bits per heavy atom. The van der Waals surface area contributed by atoms with Gasteiger partial charge in [-0.15, -0.1) is 13.2 Å². The van der Waals surface area contributed by atoms with E-state index in [4.69, 9.17) is 18.9 Å². The molecule has 0 aliphatic rings. The van der Waals surface area contributed by atoms with Crippen molar-refractivity contribution in [1.82, 2.24) is 0 Å². The zero-order chi connectivity index (χ0) is 28.4. The van der Waals surface area contributed by atoms with Crippen LogP contribution in [0.5, 0.6) is 11.5 Å². The number of benzene rings is 3. The van der Waals surface area contributed by atoms with E-state index in [0.29, 0.717) is 0 Å². The number of ether oxygens (including phenoxy) is 4. The molecule has 4 nitrogen and oxygen atoms in total. The maximum Gasteiger partial charge on any atom is 0.188 e. The Balaban J connectivity index is 1.97. The van der Waals surface area contributed by atoms with Crippen LogP contribution in [0.15, 0.2) is 73.9 Å². The standard InChI is InChI=1S/C36H46O4/c1-5-7-9-11-13-15-17-19-31-33-25-30-22-24-36(40-28-38-4)32(20-18-16-14-12-10-8-6-2)34(30)26-29(33)21-23-35(31)39-27-37-3/h5-6,17-26H,1-2,7-16,27-28H2,3-4H3/b19-17-,20-18-. The Bertz CT molecular complexity index is 1170. The molecule has 214 valence electrons. The van der Waals surface area contributed by atoms with Crippen molar-refractivity contribution in [3.05, 3.63) is 85.0 Å². The fraction of sp³-hybridized carbons (Fsp3) is 0.389. The molecule has 4 heteroatoms. The van der Waals surface area contributed by atoms with Gasteiger partial charge in [0.15, 0.2) is 13.6 Å². The maximum atomic E-state index is 5.97. The van der Waals surface area contributed by atoms with Crippen LogP contribution in [0.1, 0.15) is 75.3 Å². The molecule has 0 amide bonds. The summed E-state index contributed by atoms with van der Waals surface area (Å²) in [5.41, 5.74) is 2.16. The number of methoxy groups -OCH3 is 2. The van der Waals surface area contributed by atoms with E-state index < -0.39 is 0 Å². The third-order valence-electron chi connectivity index (χ3n) is 6.95. The fourth-order valence-electron chi connectivity index (χ4n) is 4.85. The molecule has 0 aliphatic heterocycles. The summed E-state index contributed by atoms with van der Waals surface area (Å²) in [5, 5.41) is 4.63. The van der Waals surface area contributed by atoms with Crippen LogP contribution in [-0.2, 0) is 9.47 Å². The summed E-state index contributed by atoms with van der Waals surface area (Å²) in [6, 6.07) is 12.9. The van der Waals surface area contributed by atoms with Crippen molar-refractivity contribution in [2.45, 2.75) is 64.2 Å². The van der Waals surface area contributed by atoms with Gasteiger partial charge in [-0.25, -0.2) is 0 Å². The molecule has 0 atom stereocenters. The molecule has 0 aliphatic carbocycles. The van der Waals surface area contributed by atoms with Crippen molar-refractivity contribution in [2.24, 2.45) is 0 Å². The first-order valence-electron chi connectivity index (χ1n) is 14.5. The number of allylic oxidation sites excluding steroid dienone is 4. The summed E-state index contributed by atoms with van der Waals surface area (Å²) < 4.78 is 22.4. The minimum absolute atomic E-state index is 0.213. The third kappa shape index (κ3) is 9.39. The van der Waals surface area contributed by atoms with Crippen LogP contribution in [0, 0.1) is 0 Å². The summed E-state index contributed by atoms with van der Waals surface area (Å²) in [6.07, 6.45) is 24.3. The van der Waals surface area contributed by atoms with Crippen LogP contribution in [0.25, 0.3) is 33.7 Å². The van der Waals surface area contributed by atoms with Crippen molar-refractivity contribution in [2.75, 3.05) is 27.8 Å². The second-order valence-electron chi connectivity index (χ2n) is 10.0. The Hall–Kier alpha value is -3.34. The Kier molecular flexibility index (Phi) is 14.1. The van der Waals surface area contributed by atoms with Gasteiger partial charge in [0.05, 0.1) is 0 Å². The number of unbranched alkanes of at least 4 members (excludes halogenated alkanes) is 8. The average Bonchev–Trinajstić information content (AvgIpc) is 2.97. The molecule has 3 aromatic rings. The summed E-state index contributed by atoms with van der Waals surface area (Å²) in [7, 11) is 3.29. The van der Waals surface area contributed by atoms with E-state index in [-0.39, 0.29) is 13.6 Å². The zero-order valence-corrected chi connectivity index (χ0v) is 24.5. The molecule has 3 rings (SSSR count). The van der Waals surface area contributed by atoms with E-state index in [2.05, 4.69) is 61.7 Å². The minimum Gasteiger partial charge on any atom is -0.467 e. The highest BCUT2D eigenvalue weighted by Crippen LogP contribution is 2.37. The Morgan fingerprint density at radius 2 is 1.00 bits per heavy atom. The largest absolute Gasteiger partial charge is 0.467 e. The van der Waals surface area contributed by atoms with Gasteiger partial charge in [-0.1, -0.05) is 61.4 Å². The smallest absolute Gasteiger partial charge is 0.188 e. The van der Waals surface area contributed by atoms with Gasteiger partial charge < -0.3 is 18.9 Å². The Labute approximate surface area is 241 Å². The van der Waals surface area contributed by atoms with Gasteiger partial charge in [-0.3, -0.25) is 0 Å². The molecule has 0 aromatic heterocycles. The molecule has 0 heterocycles. The lowest BCUT2D eigenvalue weighted by atomic mass is 9.95. The normalized spacial score (nSPS) is 11.7. The van der Waals surface area contributed by atoms with Crippen molar-refractivity contribution in [1.29, 1.82) is 0 Å². The monoisotopic (exact) mass is 542 g/mol. The van der Waals surface area contributed by atoms with E-state index in [9.17, 15) is 0 Å². The summed E-state index contributed by atoms with van der Waals surface area (Å²) in [6.45, 7) is 8.06. The second-order valence-corrected chi connectivity index (χ2v) is 10.0. The summed E-state index contributed by atoms with van der Waals surface area (Å²) in [4.78, 5) is 0. The number of hydrogen-bond acceptors (Lipinski definition) is 4. The van der Waals surface area contributed by atoms with E-state index in [1.54, 1.807) is 14.2 Å². The van der Waals surface area contributed by atoms with E-state index in [0.717, 1.165) is 69.9 Å². The van der Waals surface area contributed by atoms with Gasteiger partial charge in [0.25, 0.3) is 0 Å². The van der Waals surface area contributed by atoms with Gasteiger partial charge in [0.2, 0.25) is 0 Å². The molecule has 3 aromatic carbocycles. The molecule has 0 N–H and O–H groups in total. The van der Waals surface area contributed by atoms with Crippen molar-refractivity contribution in [3.63, 3.8) is 0 Å². The van der Waals surface area contributed by atoms with Crippen LogP contribution < -0.4 is 9.47 Å². The summed E-state index contributed by atoms with van der Waals surface area (Å²) in [5.74, 6) is 1.65. The molecule has 0 fully saturated rings. The highest BCUT2D eigenvalue weighted by atomic mass is 16.7. The van der Waals surface area contributed by atoms with Crippen LogP contribution in [0.4, 0.5) is 0 Å². The quantitative estimate of drug-likeness (QED) is 0.0616. The number of rotatable bonds is 20. The van der Waals surface area contributed by atoms with Crippen molar-refractivity contribution in [3.8, 4) is 11.5 Å². The first-order chi connectivity index (χ1) is 19.7. The van der Waals surface area contributed by atoms with Crippen LogP contribution >= 0.6 is 0 Å². The van der Waals surface area contributed by atoms with Crippen LogP contribution in [0.3, 0.4) is 0 Å². The van der Waals surface area contributed by atoms with Crippen LogP contribution in [-0.4, -0.2) is 27.8 Å². The van der Waals surface area contributed by atoms with Crippen molar-refractivity contribution >= 4 is 33.7 Å². The molecule has 40 heavy (non-hydrogen) atoms. The molecular weight excluding hydrogens is 496 g/mol. The molecule has 0 saturated heterocycles. The Morgan fingerprint density at radius 3 is 1.40 bits per heavy atom. The molecule has 0 spiro atoms. The highest BCUT2D eigenvalue weighted by molar-refractivity contribution is 6.06. The van der Waals surface area contributed by atoms with Gasteiger partial charge in [0.1, 0.15) is 11.5 Å².